The Labute approximate surface area is 65.5 Å². The van der Waals surface area contributed by atoms with Gasteiger partial charge in [0.1, 0.15) is 0 Å². The van der Waals surface area contributed by atoms with Crippen molar-refractivity contribution < 1.29 is 24.6 Å². The van der Waals surface area contributed by atoms with E-state index in [1.165, 1.54) is 0 Å². The van der Waals surface area contributed by atoms with Crippen LogP contribution in [0.25, 0.3) is 0 Å². The van der Waals surface area contributed by atoms with Crippen molar-refractivity contribution >= 4 is 0 Å². The zero-order chi connectivity index (χ0) is 6.78. The molecule has 0 rings (SSSR count). The van der Waals surface area contributed by atoms with Crippen molar-refractivity contribution in [2.45, 2.75) is 41.0 Å². The molecular weight excluding hydrogens is 285 g/mol. The van der Waals surface area contributed by atoms with Crippen molar-refractivity contribution in [1.82, 2.24) is 0 Å². The summed E-state index contributed by atoms with van der Waals surface area (Å²) >= 11 is -0.501. The fourth-order valence-electron chi connectivity index (χ4n) is 1.22. The third-order valence-corrected chi connectivity index (χ3v) is 8.96. The molecule has 0 fully saturated rings. The summed E-state index contributed by atoms with van der Waals surface area (Å²) in [5.74, 6) is 0. The Bertz CT molecular complexity index is 59.3. The van der Waals surface area contributed by atoms with E-state index in [0.717, 1.165) is 6.35 Å². The first kappa shape index (κ1) is 8.94. The van der Waals surface area contributed by atoms with E-state index in [-0.39, 0.29) is 0 Å². The predicted octanol–water partition coefficient (Wildman–Crippen LogP) is 3.12. The Morgan fingerprint density at radius 1 is 1.12 bits per heavy atom. The Balaban J connectivity index is 3.39. The van der Waals surface area contributed by atoms with E-state index in [1.54, 1.807) is 0 Å². The van der Waals surface area contributed by atoms with Gasteiger partial charge in [0.25, 0.3) is 0 Å². The second-order valence-electron chi connectivity index (χ2n) is 4.16. The van der Waals surface area contributed by atoms with E-state index in [4.69, 9.17) is 0 Å². The van der Waals surface area contributed by atoms with E-state index in [9.17, 15) is 0 Å². The molecule has 0 aliphatic heterocycles. The number of hydrogen-bond acceptors (Lipinski definition) is 0. The zero-order valence-corrected chi connectivity index (χ0v) is 12.3. The second-order valence-corrected chi connectivity index (χ2v) is 20.3. The number of hydrogen-bond donors (Lipinski definition) is 0. The van der Waals surface area contributed by atoms with Crippen LogP contribution in [0, 0.1) is 0 Å². The summed E-state index contributed by atoms with van der Waals surface area (Å²) in [4.78, 5) is 0. The first-order valence-electron chi connectivity index (χ1n) is 3.42. The normalized spacial score (nSPS) is 11.8. The van der Waals surface area contributed by atoms with Gasteiger partial charge in [0.05, 0.1) is 0 Å². The molecular formula is C7H16Hg. The first-order chi connectivity index (χ1) is 3.42. The number of rotatable bonds is 1. The molecule has 0 nitrogen and oxygen atoms in total. The summed E-state index contributed by atoms with van der Waals surface area (Å²) in [6.45, 7) is 11.9. The second kappa shape index (κ2) is 3.19. The Hall–Kier alpha value is 0.935. The van der Waals surface area contributed by atoms with Crippen LogP contribution in [0.2, 0.25) is 6.35 Å². The molecule has 0 saturated heterocycles. The Morgan fingerprint density at radius 3 is 1.50 bits per heavy atom. The van der Waals surface area contributed by atoms with Crippen LogP contribution in [0.4, 0.5) is 0 Å². The Morgan fingerprint density at radius 2 is 1.50 bits per heavy atom. The SMILES string of the molecule is C[CH](C)[Hg][C](C)(C)C. The molecule has 0 bridgehead atoms. The van der Waals surface area contributed by atoms with E-state index in [2.05, 4.69) is 34.6 Å². The van der Waals surface area contributed by atoms with Crippen molar-refractivity contribution in [3.05, 3.63) is 0 Å². The molecule has 0 N–H and O–H groups in total. The molecule has 0 heterocycles. The van der Waals surface area contributed by atoms with Crippen LogP contribution in [-0.4, -0.2) is 0 Å². The van der Waals surface area contributed by atoms with Crippen molar-refractivity contribution in [3.63, 3.8) is 0 Å². The van der Waals surface area contributed by atoms with Crippen LogP contribution in [0.3, 0.4) is 0 Å². The van der Waals surface area contributed by atoms with Crippen molar-refractivity contribution in [3.8, 4) is 0 Å². The van der Waals surface area contributed by atoms with Crippen LogP contribution in [0.1, 0.15) is 34.6 Å². The molecule has 0 aromatic rings. The van der Waals surface area contributed by atoms with Gasteiger partial charge in [0, 0.05) is 0 Å². The molecule has 1 heteroatoms. The van der Waals surface area contributed by atoms with E-state index in [1.807, 2.05) is 0 Å². The molecule has 0 spiro atoms. The third kappa shape index (κ3) is 6.94. The quantitative estimate of drug-likeness (QED) is 0.653. The summed E-state index contributed by atoms with van der Waals surface area (Å²) in [7, 11) is 0. The van der Waals surface area contributed by atoms with Gasteiger partial charge in [0.2, 0.25) is 0 Å². The van der Waals surface area contributed by atoms with Crippen LogP contribution in [0.15, 0.2) is 0 Å². The molecule has 46 valence electrons. The van der Waals surface area contributed by atoms with Gasteiger partial charge in [-0.15, -0.1) is 0 Å². The van der Waals surface area contributed by atoms with Gasteiger partial charge in [-0.1, -0.05) is 0 Å². The monoisotopic (exact) mass is 302 g/mol. The minimum absolute atomic E-state index is 0.501. The standard InChI is InChI=1S/C4H9.C3H7.Hg/c1-4(2)3;1-3-2;/h1-3H3;3H,1-2H3;. The average Bonchev–Trinajstić information content (AvgIpc) is 1.21. The van der Waals surface area contributed by atoms with Gasteiger partial charge in [-0.25, -0.2) is 0 Å². The van der Waals surface area contributed by atoms with Crippen molar-refractivity contribution in [2.75, 3.05) is 0 Å². The summed E-state index contributed by atoms with van der Waals surface area (Å²) < 4.78 is 1.81. The molecule has 0 amide bonds. The van der Waals surface area contributed by atoms with Crippen LogP contribution < -0.4 is 0 Å². The average molecular weight is 301 g/mol. The minimum atomic E-state index is -0.501. The fourth-order valence-corrected chi connectivity index (χ4v) is 10.7. The maximum absolute atomic E-state index is 2.38. The Kier molecular flexibility index (Phi) is 3.56. The van der Waals surface area contributed by atoms with E-state index >= 15 is 0 Å². The topological polar surface area (TPSA) is 0 Å². The first-order valence-corrected chi connectivity index (χ1v) is 9.34. The molecule has 0 radical (unpaired) electrons. The van der Waals surface area contributed by atoms with Gasteiger partial charge in [0.15, 0.2) is 0 Å². The molecule has 0 unspecified atom stereocenters. The summed E-state index contributed by atoms with van der Waals surface area (Å²) in [6, 6.07) is 0. The van der Waals surface area contributed by atoms with Gasteiger partial charge in [-0.05, 0) is 0 Å². The van der Waals surface area contributed by atoms with Crippen LogP contribution in [-0.2, 0) is 24.6 Å². The molecule has 0 aromatic heterocycles. The van der Waals surface area contributed by atoms with E-state index in [0.29, 0.717) is 0 Å². The predicted molar refractivity (Wildman–Crippen MR) is 34.8 cm³/mol. The maximum atomic E-state index is 2.38. The summed E-state index contributed by atoms with van der Waals surface area (Å²) in [5, 5.41) is 0. The van der Waals surface area contributed by atoms with Crippen LogP contribution >= 0.6 is 0 Å². The van der Waals surface area contributed by atoms with Gasteiger partial charge in [-0.2, -0.15) is 0 Å². The van der Waals surface area contributed by atoms with Gasteiger partial charge < -0.3 is 0 Å². The molecule has 0 aliphatic carbocycles. The molecule has 0 saturated carbocycles. The van der Waals surface area contributed by atoms with Gasteiger partial charge >= 0.3 is 65.5 Å². The summed E-state index contributed by atoms with van der Waals surface area (Å²) in [5.41, 5.74) is 0. The van der Waals surface area contributed by atoms with Crippen LogP contribution in [0.5, 0.6) is 0 Å². The summed E-state index contributed by atoms with van der Waals surface area (Å²) in [6.07, 6.45) is 0. The van der Waals surface area contributed by atoms with E-state index < -0.39 is 24.6 Å². The fraction of sp³-hybridized carbons (Fsp3) is 1.00. The zero-order valence-electron chi connectivity index (χ0n) is 6.78. The molecule has 8 heavy (non-hydrogen) atoms. The molecule has 0 aromatic carbocycles. The van der Waals surface area contributed by atoms with Crippen molar-refractivity contribution in [2.24, 2.45) is 0 Å². The third-order valence-electron chi connectivity index (χ3n) is 1.02. The van der Waals surface area contributed by atoms with Gasteiger partial charge in [-0.3, -0.25) is 0 Å². The molecule has 0 atom stereocenters. The van der Waals surface area contributed by atoms with Crippen molar-refractivity contribution in [1.29, 1.82) is 0 Å². The molecule has 0 aliphatic rings.